The third-order valence-electron chi connectivity index (χ3n) is 3.00. The van der Waals surface area contributed by atoms with Crippen molar-refractivity contribution in [2.24, 2.45) is 0 Å². The average molecular weight is 255 g/mol. The van der Waals surface area contributed by atoms with Gasteiger partial charge in [-0.3, -0.25) is 9.78 Å². The summed E-state index contributed by atoms with van der Waals surface area (Å²) in [5, 5.41) is 0. The second-order valence-corrected chi connectivity index (χ2v) is 4.36. The molecule has 2 heterocycles. The number of carbonyl (C=O) groups is 1. The highest BCUT2D eigenvalue weighted by Crippen LogP contribution is 2.31. The highest BCUT2D eigenvalue weighted by Gasteiger charge is 2.26. The monoisotopic (exact) mass is 255 g/mol. The molecular formula is C15H13NO3. The van der Waals surface area contributed by atoms with Crippen LogP contribution < -0.4 is 9.47 Å². The molecule has 0 saturated heterocycles. The molecule has 1 aromatic heterocycles. The van der Waals surface area contributed by atoms with Crippen LogP contribution in [0, 0.1) is 0 Å². The lowest BCUT2D eigenvalue weighted by atomic mass is 10.1. The molecule has 19 heavy (non-hydrogen) atoms. The Morgan fingerprint density at radius 1 is 1.16 bits per heavy atom. The molecule has 0 spiro atoms. The zero-order valence-corrected chi connectivity index (χ0v) is 10.3. The lowest BCUT2D eigenvalue weighted by molar-refractivity contribution is -0.127. The maximum absolute atomic E-state index is 12.2. The number of pyridine rings is 1. The zero-order chi connectivity index (χ0) is 13.1. The summed E-state index contributed by atoms with van der Waals surface area (Å²) in [6.07, 6.45) is 3.15. The van der Waals surface area contributed by atoms with Crippen molar-refractivity contribution in [2.45, 2.75) is 12.5 Å². The molecule has 4 nitrogen and oxygen atoms in total. The number of Topliss-reactive ketones (excluding diaryl/α,β-unsaturated/α-hetero) is 1. The maximum atomic E-state index is 12.2. The Kier molecular flexibility index (Phi) is 3.14. The minimum Gasteiger partial charge on any atom is -0.485 e. The fourth-order valence-corrected chi connectivity index (χ4v) is 1.99. The molecule has 1 aliphatic rings. The minimum atomic E-state index is -0.539. The molecule has 0 aliphatic carbocycles. The lowest BCUT2D eigenvalue weighted by Crippen LogP contribution is -2.37. The first kappa shape index (κ1) is 11.7. The highest BCUT2D eigenvalue weighted by molar-refractivity contribution is 5.86. The Hall–Kier alpha value is -2.36. The van der Waals surface area contributed by atoms with E-state index in [0.29, 0.717) is 17.9 Å². The smallest absolute Gasteiger partial charge is 0.191 e. The van der Waals surface area contributed by atoms with E-state index in [9.17, 15) is 4.79 Å². The number of para-hydroxylation sites is 2. The molecule has 1 aromatic carbocycles. The van der Waals surface area contributed by atoms with Crippen molar-refractivity contribution in [1.29, 1.82) is 0 Å². The zero-order valence-electron chi connectivity index (χ0n) is 10.3. The molecule has 0 bridgehead atoms. The van der Waals surface area contributed by atoms with Gasteiger partial charge in [0, 0.05) is 18.8 Å². The van der Waals surface area contributed by atoms with Gasteiger partial charge in [-0.15, -0.1) is 0 Å². The number of nitrogens with zero attached hydrogens (tertiary/aromatic N) is 1. The molecular weight excluding hydrogens is 242 g/mol. The van der Waals surface area contributed by atoms with E-state index < -0.39 is 6.10 Å². The van der Waals surface area contributed by atoms with Gasteiger partial charge in [-0.05, 0) is 29.8 Å². The molecule has 96 valence electrons. The number of rotatable bonds is 3. The number of ketones is 1. The van der Waals surface area contributed by atoms with Gasteiger partial charge < -0.3 is 9.47 Å². The van der Waals surface area contributed by atoms with Crippen molar-refractivity contribution in [3.63, 3.8) is 0 Å². The molecule has 0 fully saturated rings. The van der Waals surface area contributed by atoms with Crippen LogP contribution in [0.5, 0.6) is 11.5 Å². The van der Waals surface area contributed by atoms with Crippen LogP contribution >= 0.6 is 0 Å². The van der Waals surface area contributed by atoms with E-state index in [4.69, 9.17) is 9.47 Å². The van der Waals surface area contributed by atoms with Gasteiger partial charge in [0.25, 0.3) is 0 Å². The molecule has 0 saturated carbocycles. The van der Waals surface area contributed by atoms with Gasteiger partial charge >= 0.3 is 0 Å². The largest absolute Gasteiger partial charge is 0.485 e. The quantitative estimate of drug-likeness (QED) is 0.842. The molecule has 1 atom stereocenters. The third-order valence-corrected chi connectivity index (χ3v) is 3.00. The van der Waals surface area contributed by atoms with Gasteiger partial charge in [0.15, 0.2) is 23.4 Å². The number of hydrogen-bond donors (Lipinski definition) is 0. The minimum absolute atomic E-state index is 0.0145. The SMILES string of the molecule is O=C(Cc1ccncc1)C1COc2ccccc2O1. The van der Waals surface area contributed by atoms with E-state index in [-0.39, 0.29) is 12.4 Å². The predicted molar refractivity (Wildman–Crippen MR) is 69.3 cm³/mol. The van der Waals surface area contributed by atoms with Crippen LogP contribution in [-0.2, 0) is 11.2 Å². The van der Waals surface area contributed by atoms with Gasteiger partial charge in [0.05, 0.1) is 0 Å². The van der Waals surface area contributed by atoms with Crippen LogP contribution in [0.4, 0.5) is 0 Å². The van der Waals surface area contributed by atoms with Crippen LogP contribution in [0.25, 0.3) is 0 Å². The fourth-order valence-electron chi connectivity index (χ4n) is 1.99. The van der Waals surface area contributed by atoms with E-state index >= 15 is 0 Å². The summed E-state index contributed by atoms with van der Waals surface area (Å²) in [5.74, 6) is 1.33. The number of benzene rings is 1. The molecule has 0 amide bonds. The summed E-state index contributed by atoms with van der Waals surface area (Å²) >= 11 is 0. The summed E-state index contributed by atoms with van der Waals surface area (Å²) < 4.78 is 11.2. The third kappa shape index (κ3) is 2.57. The molecule has 0 N–H and O–H groups in total. The van der Waals surface area contributed by atoms with Crippen LogP contribution in [-0.4, -0.2) is 23.5 Å². The van der Waals surface area contributed by atoms with Crippen LogP contribution in [0.1, 0.15) is 5.56 Å². The Morgan fingerprint density at radius 2 is 1.89 bits per heavy atom. The lowest BCUT2D eigenvalue weighted by Gasteiger charge is -2.25. The molecule has 0 radical (unpaired) electrons. The van der Waals surface area contributed by atoms with Crippen LogP contribution in [0.15, 0.2) is 48.8 Å². The average Bonchev–Trinajstić information content (AvgIpc) is 2.48. The van der Waals surface area contributed by atoms with Gasteiger partial charge in [0.1, 0.15) is 6.61 Å². The number of carbonyl (C=O) groups excluding carboxylic acids is 1. The Morgan fingerprint density at radius 3 is 2.68 bits per heavy atom. The van der Waals surface area contributed by atoms with Crippen molar-refractivity contribution in [2.75, 3.05) is 6.61 Å². The first-order valence-electron chi connectivity index (χ1n) is 6.13. The van der Waals surface area contributed by atoms with Crippen molar-refractivity contribution in [3.05, 3.63) is 54.4 Å². The summed E-state index contributed by atoms with van der Waals surface area (Å²) in [5.41, 5.74) is 0.933. The summed E-state index contributed by atoms with van der Waals surface area (Å²) in [6, 6.07) is 11.0. The molecule has 4 heteroatoms. The topological polar surface area (TPSA) is 48.4 Å². The molecule has 1 unspecified atom stereocenters. The Bertz CT molecular complexity index is 583. The van der Waals surface area contributed by atoms with Crippen LogP contribution in [0.2, 0.25) is 0 Å². The van der Waals surface area contributed by atoms with Crippen molar-refractivity contribution < 1.29 is 14.3 Å². The second kappa shape index (κ2) is 5.10. The summed E-state index contributed by atoms with van der Waals surface area (Å²) in [4.78, 5) is 16.1. The Balaban J connectivity index is 1.70. The molecule has 3 rings (SSSR count). The van der Waals surface area contributed by atoms with Crippen molar-refractivity contribution >= 4 is 5.78 Å². The van der Waals surface area contributed by atoms with Gasteiger partial charge in [-0.25, -0.2) is 0 Å². The van der Waals surface area contributed by atoms with E-state index in [1.165, 1.54) is 0 Å². The Labute approximate surface area is 111 Å². The predicted octanol–water partition coefficient (Wildman–Crippen LogP) is 2.03. The van der Waals surface area contributed by atoms with Gasteiger partial charge in [-0.1, -0.05) is 12.1 Å². The molecule has 1 aliphatic heterocycles. The number of fused-ring (bicyclic) bond motifs is 1. The fraction of sp³-hybridized carbons (Fsp3) is 0.200. The van der Waals surface area contributed by atoms with Gasteiger partial charge in [-0.2, -0.15) is 0 Å². The standard InChI is InChI=1S/C15H13NO3/c17-12(9-11-5-7-16-8-6-11)15-10-18-13-3-1-2-4-14(13)19-15/h1-8,15H,9-10H2. The second-order valence-electron chi connectivity index (χ2n) is 4.36. The number of hydrogen-bond acceptors (Lipinski definition) is 4. The summed E-state index contributed by atoms with van der Waals surface area (Å²) in [7, 11) is 0. The van der Waals surface area contributed by atoms with Crippen LogP contribution in [0.3, 0.4) is 0 Å². The normalized spacial score (nSPS) is 16.9. The highest BCUT2D eigenvalue weighted by atomic mass is 16.6. The maximum Gasteiger partial charge on any atom is 0.191 e. The van der Waals surface area contributed by atoms with E-state index in [0.717, 1.165) is 5.56 Å². The van der Waals surface area contributed by atoms with E-state index in [1.807, 2.05) is 30.3 Å². The van der Waals surface area contributed by atoms with Crippen molar-refractivity contribution in [3.8, 4) is 11.5 Å². The first-order valence-corrected chi connectivity index (χ1v) is 6.13. The van der Waals surface area contributed by atoms with E-state index in [2.05, 4.69) is 4.98 Å². The molecule has 2 aromatic rings. The number of aromatic nitrogens is 1. The van der Waals surface area contributed by atoms with E-state index in [1.54, 1.807) is 18.5 Å². The first-order chi connectivity index (χ1) is 9.33. The van der Waals surface area contributed by atoms with Crippen molar-refractivity contribution in [1.82, 2.24) is 4.98 Å². The summed E-state index contributed by atoms with van der Waals surface area (Å²) in [6.45, 7) is 0.265. The van der Waals surface area contributed by atoms with Gasteiger partial charge in [0.2, 0.25) is 0 Å². The number of ether oxygens (including phenoxy) is 2.